The second-order valence-electron chi connectivity index (χ2n) is 10.4. The van der Waals surface area contributed by atoms with Crippen molar-refractivity contribution in [2.24, 2.45) is 5.92 Å². The molecule has 178 valence electrons. The first-order valence-corrected chi connectivity index (χ1v) is 12.9. The molecule has 2 saturated carbocycles. The summed E-state index contributed by atoms with van der Waals surface area (Å²) in [5.41, 5.74) is 2.17. The number of hydrogen-bond donors (Lipinski definition) is 0. The summed E-state index contributed by atoms with van der Waals surface area (Å²) < 4.78 is 6.09. The first-order chi connectivity index (χ1) is 16.1. The molecule has 2 saturated heterocycles. The number of pyridine rings is 1. The van der Waals surface area contributed by atoms with Crippen LogP contribution in [0, 0.1) is 5.92 Å². The third-order valence-corrected chi connectivity index (χ3v) is 8.06. The van der Waals surface area contributed by atoms with Gasteiger partial charge in [0.15, 0.2) is 0 Å². The van der Waals surface area contributed by atoms with Crippen LogP contribution in [-0.4, -0.2) is 94.5 Å². The predicted molar refractivity (Wildman–Crippen MR) is 123 cm³/mol. The van der Waals surface area contributed by atoms with E-state index in [1.807, 2.05) is 20.8 Å². The Morgan fingerprint density at radius 3 is 2.48 bits per heavy atom. The quantitative estimate of drug-likeness (QED) is 0.699. The number of carbonyl (C=O) groups excluding carboxylic acids is 2. The molecule has 0 N–H and O–H groups in total. The van der Waals surface area contributed by atoms with E-state index in [9.17, 15) is 9.59 Å². The molecular weight excluding hydrogens is 418 g/mol. The molecule has 8 nitrogen and oxygen atoms in total. The van der Waals surface area contributed by atoms with Crippen LogP contribution < -0.4 is 4.74 Å². The zero-order valence-electron chi connectivity index (χ0n) is 19.5. The Morgan fingerprint density at radius 2 is 1.73 bits per heavy atom. The first-order valence-electron chi connectivity index (χ1n) is 12.9. The zero-order chi connectivity index (χ0) is 22.4. The molecule has 2 aliphatic carbocycles. The molecule has 1 aromatic heterocycles. The van der Waals surface area contributed by atoms with Crippen LogP contribution in [0.4, 0.5) is 4.79 Å². The van der Waals surface area contributed by atoms with Crippen molar-refractivity contribution in [1.82, 2.24) is 24.6 Å². The van der Waals surface area contributed by atoms with Crippen LogP contribution in [0.1, 0.15) is 49.8 Å². The highest BCUT2D eigenvalue weighted by molar-refractivity contribution is 5.81. The van der Waals surface area contributed by atoms with Gasteiger partial charge in [0.05, 0.1) is 18.8 Å². The molecule has 0 atom stereocenters. The molecule has 0 radical (unpaired) electrons. The number of likely N-dealkylation sites (tertiary alicyclic amines) is 1. The fraction of sp³-hybridized carbons (Fsp3) is 0.720. The number of fused-ring (bicyclic) bond motifs is 1. The Morgan fingerprint density at radius 1 is 0.879 bits per heavy atom. The van der Waals surface area contributed by atoms with Crippen molar-refractivity contribution in [3.05, 3.63) is 23.4 Å². The Hall–Kier alpha value is -2.35. The van der Waals surface area contributed by atoms with Crippen LogP contribution in [0.25, 0.3) is 0 Å². The van der Waals surface area contributed by atoms with Crippen LogP contribution in [0.5, 0.6) is 5.88 Å². The average molecular weight is 454 g/mol. The van der Waals surface area contributed by atoms with Gasteiger partial charge in [-0.3, -0.25) is 9.69 Å². The maximum atomic E-state index is 13.0. The predicted octanol–water partition coefficient (Wildman–Crippen LogP) is 2.12. The lowest BCUT2D eigenvalue weighted by atomic mass is 9.91. The number of carbonyl (C=O) groups is 2. The summed E-state index contributed by atoms with van der Waals surface area (Å²) in [6.45, 7) is 6.49. The van der Waals surface area contributed by atoms with Gasteiger partial charge >= 0.3 is 6.03 Å². The SMILES string of the molecule is O=C(C1CC1)N1CCc2nc(OC3CN(C(=O)N4CCCN(C5CCC5)CC4)C3)ccc2C1. The first kappa shape index (κ1) is 21.2. The molecule has 8 heteroatoms. The summed E-state index contributed by atoms with van der Waals surface area (Å²) in [6.07, 6.45) is 7.96. The highest BCUT2D eigenvalue weighted by atomic mass is 16.5. The third kappa shape index (κ3) is 4.42. The second kappa shape index (κ2) is 8.78. The summed E-state index contributed by atoms with van der Waals surface area (Å²) in [5.74, 6) is 1.21. The van der Waals surface area contributed by atoms with Crippen molar-refractivity contribution in [2.75, 3.05) is 45.8 Å². The van der Waals surface area contributed by atoms with Crippen molar-refractivity contribution in [2.45, 2.75) is 63.6 Å². The number of hydrogen-bond acceptors (Lipinski definition) is 5. The molecule has 4 heterocycles. The Bertz CT molecular complexity index is 909. The fourth-order valence-electron chi connectivity index (χ4n) is 5.52. The largest absolute Gasteiger partial charge is 0.471 e. The van der Waals surface area contributed by atoms with Crippen LogP contribution >= 0.6 is 0 Å². The van der Waals surface area contributed by atoms with Crippen LogP contribution in [0.15, 0.2) is 12.1 Å². The van der Waals surface area contributed by atoms with Gasteiger partial charge in [0.25, 0.3) is 0 Å². The van der Waals surface area contributed by atoms with Gasteiger partial charge in [-0.05, 0) is 37.7 Å². The van der Waals surface area contributed by atoms with Crippen molar-refractivity contribution in [3.8, 4) is 5.88 Å². The van der Waals surface area contributed by atoms with Crippen LogP contribution in [-0.2, 0) is 17.8 Å². The smallest absolute Gasteiger partial charge is 0.320 e. The molecular formula is C25H35N5O3. The lowest BCUT2D eigenvalue weighted by Crippen LogP contribution is -2.60. The summed E-state index contributed by atoms with van der Waals surface area (Å²) in [7, 11) is 0. The second-order valence-corrected chi connectivity index (χ2v) is 10.4. The fourth-order valence-corrected chi connectivity index (χ4v) is 5.52. The molecule has 1 aromatic rings. The molecule has 0 unspecified atom stereocenters. The topological polar surface area (TPSA) is 69.2 Å². The Balaban J connectivity index is 0.978. The van der Waals surface area contributed by atoms with Crippen molar-refractivity contribution in [1.29, 1.82) is 0 Å². The van der Waals surface area contributed by atoms with E-state index in [1.165, 1.54) is 19.3 Å². The molecule has 33 heavy (non-hydrogen) atoms. The van der Waals surface area contributed by atoms with Crippen molar-refractivity contribution >= 4 is 11.9 Å². The maximum absolute atomic E-state index is 13.0. The van der Waals surface area contributed by atoms with Gasteiger partial charge in [0.2, 0.25) is 11.8 Å². The Labute approximate surface area is 195 Å². The molecule has 0 spiro atoms. The lowest BCUT2D eigenvalue weighted by molar-refractivity contribution is -0.133. The number of rotatable bonds is 4. The summed E-state index contributed by atoms with van der Waals surface area (Å²) in [4.78, 5) is 38.5. The summed E-state index contributed by atoms with van der Waals surface area (Å²) >= 11 is 0. The van der Waals surface area contributed by atoms with Crippen LogP contribution in [0.2, 0.25) is 0 Å². The standard InChI is InChI=1S/C25H35N5O3/c31-24(18-5-6-18)29-12-9-22-19(15-29)7-8-23(26-22)33-21-16-30(17-21)25(32)28-11-2-10-27(13-14-28)20-3-1-4-20/h7-8,18,20-21H,1-6,9-17H2. The minimum atomic E-state index is 0.00878. The highest BCUT2D eigenvalue weighted by Crippen LogP contribution is 2.33. The normalized spacial score (nSPS) is 24.5. The zero-order valence-corrected chi connectivity index (χ0v) is 19.5. The monoisotopic (exact) mass is 453 g/mol. The maximum Gasteiger partial charge on any atom is 0.320 e. The van der Waals surface area contributed by atoms with E-state index in [1.54, 1.807) is 0 Å². The van der Waals surface area contributed by atoms with Crippen molar-refractivity contribution in [3.63, 3.8) is 0 Å². The molecule has 4 fully saturated rings. The van der Waals surface area contributed by atoms with E-state index in [0.717, 1.165) is 75.7 Å². The van der Waals surface area contributed by atoms with Crippen molar-refractivity contribution < 1.29 is 14.3 Å². The number of urea groups is 1. The van der Waals surface area contributed by atoms with E-state index >= 15 is 0 Å². The van der Waals surface area contributed by atoms with Gasteiger partial charge in [-0.15, -0.1) is 0 Å². The number of nitrogens with zero attached hydrogens (tertiary/aromatic N) is 5. The number of aromatic nitrogens is 1. The number of amides is 3. The highest BCUT2D eigenvalue weighted by Gasteiger charge is 2.37. The molecule has 0 bridgehead atoms. The summed E-state index contributed by atoms with van der Waals surface area (Å²) in [6, 6.07) is 4.88. The van der Waals surface area contributed by atoms with E-state index in [2.05, 4.69) is 11.0 Å². The van der Waals surface area contributed by atoms with Gasteiger partial charge in [-0.2, -0.15) is 0 Å². The number of ether oxygens (including phenoxy) is 1. The lowest BCUT2D eigenvalue weighted by Gasteiger charge is -2.41. The van der Waals surface area contributed by atoms with E-state index in [4.69, 9.17) is 9.72 Å². The average Bonchev–Trinajstić information content (AvgIpc) is 3.61. The van der Waals surface area contributed by atoms with E-state index < -0.39 is 0 Å². The van der Waals surface area contributed by atoms with Crippen LogP contribution in [0.3, 0.4) is 0 Å². The van der Waals surface area contributed by atoms with E-state index in [0.29, 0.717) is 31.4 Å². The molecule has 5 aliphatic rings. The third-order valence-electron chi connectivity index (χ3n) is 8.06. The molecule has 3 aliphatic heterocycles. The molecule has 3 amide bonds. The van der Waals surface area contributed by atoms with Gasteiger partial charge < -0.3 is 19.4 Å². The summed E-state index contributed by atoms with van der Waals surface area (Å²) in [5, 5.41) is 0. The molecule has 0 aromatic carbocycles. The van der Waals surface area contributed by atoms with Gasteiger partial charge in [-0.25, -0.2) is 9.78 Å². The minimum absolute atomic E-state index is 0.00878. The van der Waals surface area contributed by atoms with E-state index in [-0.39, 0.29) is 18.1 Å². The molecule has 6 rings (SSSR count). The Kier molecular flexibility index (Phi) is 5.64. The van der Waals surface area contributed by atoms with Gasteiger partial charge in [-0.1, -0.05) is 12.5 Å². The minimum Gasteiger partial charge on any atom is -0.471 e. The van der Waals surface area contributed by atoms with Gasteiger partial charge in [0, 0.05) is 63.7 Å². The van der Waals surface area contributed by atoms with Gasteiger partial charge in [0.1, 0.15) is 6.10 Å².